The third kappa shape index (κ3) is 10.2. The molecule has 0 saturated carbocycles. The highest BCUT2D eigenvalue weighted by Crippen LogP contribution is 2.31. The minimum Gasteiger partial charge on any atom is -0.463 e. The number of nitrogens with zero attached hydrogens (tertiary/aromatic N) is 6. The van der Waals surface area contributed by atoms with E-state index in [4.69, 9.17) is 9.72 Å². The minimum atomic E-state index is -1.42. The van der Waals surface area contributed by atoms with Gasteiger partial charge in [0.25, 0.3) is 11.0 Å². The summed E-state index contributed by atoms with van der Waals surface area (Å²) in [5, 5.41) is 38.1. The van der Waals surface area contributed by atoms with Crippen molar-refractivity contribution in [1.29, 1.82) is 0 Å². The Morgan fingerprint density at radius 1 is 1.12 bits per heavy atom. The lowest BCUT2D eigenvalue weighted by Gasteiger charge is -2.23. The third-order valence-electron chi connectivity index (χ3n) is 7.69. The van der Waals surface area contributed by atoms with Crippen molar-refractivity contribution in [3.05, 3.63) is 81.4 Å². The molecule has 2 aromatic carbocycles. The largest absolute Gasteiger partial charge is 0.463 e. The Hall–Kier alpha value is -5.18. The lowest BCUT2D eigenvalue weighted by atomic mass is 9.98. The summed E-state index contributed by atoms with van der Waals surface area (Å²) in [6.45, 7) is 9.22. The first kappa shape index (κ1) is 36.7. The average Bonchev–Trinajstić information content (AvgIpc) is 3.71. The van der Waals surface area contributed by atoms with Crippen LogP contribution in [0.4, 0.5) is 0 Å². The van der Waals surface area contributed by atoms with E-state index in [1.807, 2.05) is 73.9 Å². The van der Waals surface area contributed by atoms with Gasteiger partial charge in [0, 0.05) is 24.9 Å². The highest BCUT2D eigenvalue weighted by atomic mass is 16.9. The van der Waals surface area contributed by atoms with Gasteiger partial charge in [0.15, 0.2) is 0 Å². The molecular formula is C34H44N8O7. The molecule has 1 atom stereocenters. The van der Waals surface area contributed by atoms with Crippen molar-refractivity contribution in [3.63, 3.8) is 0 Å². The number of amides is 1. The number of tetrazole rings is 1. The first-order valence-electron chi connectivity index (χ1n) is 16.4. The number of aryl methyl sites for hydroxylation is 1. The Labute approximate surface area is 284 Å². The second-order valence-corrected chi connectivity index (χ2v) is 12.7. The van der Waals surface area contributed by atoms with E-state index in [1.54, 1.807) is 13.8 Å². The molecule has 0 radical (unpaired) electrons. The number of carbonyl (C=O) groups is 2. The molecule has 0 aliphatic heterocycles. The zero-order valence-electron chi connectivity index (χ0n) is 28.5. The summed E-state index contributed by atoms with van der Waals surface area (Å²) in [5.74, 6) is 0.324. The van der Waals surface area contributed by atoms with Gasteiger partial charge in [-0.1, -0.05) is 69.3 Å². The first-order chi connectivity index (χ1) is 23.4. The fourth-order valence-corrected chi connectivity index (χ4v) is 5.53. The maximum atomic E-state index is 14.1. The average molecular weight is 677 g/mol. The van der Waals surface area contributed by atoms with Crippen molar-refractivity contribution in [3.8, 4) is 22.5 Å². The number of aliphatic hydroxyl groups is 1. The third-order valence-corrected chi connectivity index (χ3v) is 7.69. The molecule has 0 aliphatic carbocycles. The summed E-state index contributed by atoms with van der Waals surface area (Å²) in [5.41, 5.74) is 2.72. The standard InChI is InChI=1S/C34H44N8O7/c1-6-10-28-36-31(34(4,5)45)30(33(44)35-25(19-22(2)3)21-48-29(43)13-9-18-49-42(46)47)41(28)20-23-14-16-24(17-15-23)26-11-7-8-12-27(26)32-37-39-40-38-32/h7-8,11-12,14-17,22,25,45H,6,9-10,13,18-21H2,1-5H3,(H,35,44)(H,37,38,39,40). The zero-order valence-corrected chi connectivity index (χ0v) is 28.5. The number of rotatable bonds is 18. The summed E-state index contributed by atoms with van der Waals surface area (Å²) in [4.78, 5) is 45.8. The molecule has 0 fully saturated rings. The smallest absolute Gasteiger partial charge is 0.305 e. The van der Waals surface area contributed by atoms with Crippen molar-refractivity contribution < 1.29 is 29.4 Å². The van der Waals surface area contributed by atoms with Crippen LogP contribution >= 0.6 is 0 Å². The van der Waals surface area contributed by atoms with Crippen molar-refractivity contribution in [2.75, 3.05) is 13.2 Å². The van der Waals surface area contributed by atoms with Gasteiger partial charge in [0.05, 0.1) is 12.6 Å². The first-order valence-corrected chi connectivity index (χ1v) is 16.4. The van der Waals surface area contributed by atoms with E-state index in [-0.39, 0.29) is 43.4 Å². The second kappa shape index (κ2) is 16.8. The number of hydrogen-bond donors (Lipinski definition) is 3. The Morgan fingerprint density at radius 2 is 1.84 bits per heavy atom. The molecule has 15 heteroatoms. The van der Waals surface area contributed by atoms with E-state index in [0.29, 0.717) is 31.0 Å². The number of esters is 1. The normalized spacial score (nSPS) is 12.1. The van der Waals surface area contributed by atoms with Crippen LogP contribution in [0, 0.1) is 16.0 Å². The van der Waals surface area contributed by atoms with Gasteiger partial charge < -0.3 is 24.6 Å². The Morgan fingerprint density at radius 3 is 2.45 bits per heavy atom. The number of H-pyrrole nitrogens is 1. The van der Waals surface area contributed by atoms with Gasteiger partial charge in [-0.15, -0.1) is 20.3 Å². The molecule has 2 aromatic heterocycles. The van der Waals surface area contributed by atoms with Crippen LogP contribution in [0.25, 0.3) is 22.5 Å². The van der Waals surface area contributed by atoms with Crippen LogP contribution in [0.15, 0.2) is 48.5 Å². The number of aromatic nitrogens is 6. The number of carbonyl (C=O) groups excluding carboxylic acids is 2. The molecule has 49 heavy (non-hydrogen) atoms. The summed E-state index contributed by atoms with van der Waals surface area (Å²) in [6.07, 6.45) is 1.94. The quantitative estimate of drug-likeness (QED) is 0.0574. The van der Waals surface area contributed by atoms with Crippen molar-refractivity contribution >= 4 is 11.9 Å². The van der Waals surface area contributed by atoms with Crippen molar-refractivity contribution in [2.24, 2.45) is 5.92 Å². The number of nitrogens with one attached hydrogen (secondary N) is 2. The Balaban J connectivity index is 1.59. The van der Waals surface area contributed by atoms with E-state index in [2.05, 4.69) is 30.8 Å². The molecule has 4 aromatic rings. The van der Waals surface area contributed by atoms with Crippen LogP contribution < -0.4 is 5.32 Å². The van der Waals surface area contributed by atoms with Crippen LogP contribution in [0.3, 0.4) is 0 Å². The summed E-state index contributed by atoms with van der Waals surface area (Å²) in [6, 6.07) is 15.2. The van der Waals surface area contributed by atoms with Gasteiger partial charge in [-0.05, 0) is 60.9 Å². The van der Waals surface area contributed by atoms with E-state index >= 15 is 0 Å². The van der Waals surface area contributed by atoms with Crippen LogP contribution in [0.2, 0.25) is 0 Å². The van der Waals surface area contributed by atoms with E-state index in [0.717, 1.165) is 28.7 Å². The van der Waals surface area contributed by atoms with Gasteiger partial charge in [-0.3, -0.25) is 9.59 Å². The van der Waals surface area contributed by atoms with Gasteiger partial charge >= 0.3 is 5.97 Å². The fourth-order valence-electron chi connectivity index (χ4n) is 5.53. The highest BCUT2D eigenvalue weighted by Gasteiger charge is 2.33. The van der Waals surface area contributed by atoms with Gasteiger partial charge in [-0.25, -0.2) is 4.98 Å². The van der Waals surface area contributed by atoms with Crippen molar-refractivity contribution in [1.82, 2.24) is 35.5 Å². The van der Waals surface area contributed by atoms with E-state index in [9.17, 15) is 24.8 Å². The van der Waals surface area contributed by atoms with Crippen LogP contribution in [0.1, 0.15) is 87.9 Å². The molecule has 15 nitrogen and oxygen atoms in total. The van der Waals surface area contributed by atoms with Crippen LogP contribution in [-0.4, -0.2) is 71.5 Å². The number of hydrogen-bond acceptors (Lipinski definition) is 11. The van der Waals surface area contributed by atoms with Gasteiger partial charge in [0.2, 0.25) is 5.82 Å². The van der Waals surface area contributed by atoms with E-state index in [1.165, 1.54) is 0 Å². The molecule has 0 spiro atoms. The molecule has 262 valence electrons. The summed E-state index contributed by atoms with van der Waals surface area (Å²) >= 11 is 0. The maximum Gasteiger partial charge on any atom is 0.305 e. The van der Waals surface area contributed by atoms with Crippen LogP contribution in [0.5, 0.6) is 0 Å². The van der Waals surface area contributed by atoms with Gasteiger partial charge in [-0.2, -0.15) is 5.21 Å². The number of ether oxygens (including phenoxy) is 1. The molecule has 0 bridgehead atoms. The monoisotopic (exact) mass is 676 g/mol. The predicted octanol–water partition coefficient (Wildman–Crippen LogP) is 4.63. The molecule has 0 saturated heterocycles. The maximum absolute atomic E-state index is 14.1. The second-order valence-electron chi connectivity index (χ2n) is 12.7. The molecule has 2 heterocycles. The van der Waals surface area contributed by atoms with Gasteiger partial charge in [0.1, 0.15) is 29.4 Å². The Kier molecular flexibility index (Phi) is 12.5. The minimum absolute atomic E-state index is 0.0618. The summed E-state index contributed by atoms with van der Waals surface area (Å²) < 4.78 is 7.28. The SMILES string of the molecule is CCCc1nc(C(C)(C)O)c(C(=O)NC(COC(=O)CCCO[N+](=O)[O-])CC(C)C)n1Cc1ccc(-c2ccccc2-c2nn[nH]n2)cc1. The Bertz CT molecular complexity index is 1700. The molecule has 0 aliphatic rings. The molecule has 4 rings (SSSR count). The van der Waals surface area contributed by atoms with E-state index < -0.39 is 28.6 Å². The molecule has 3 N–H and O–H groups in total. The van der Waals surface area contributed by atoms with Crippen LogP contribution in [-0.2, 0) is 32.9 Å². The lowest BCUT2D eigenvalue weighted by molar-refractivity contribution is -0.757. The zero-order chi connectivity index (χ0) is 35.6. The topological polar surface area (TPSA) is 200 Å². The van der Waals surface area contributed by atoms with Crippen molar-refractivity contribution in [2.45, 2.75) is 84.9 Å². The fraction of sp³-hybridized carbons (Fsp3) is 0.471. The molecule has 1 amide bonds. The predicted molar refractivity (Wildman–Crippen MR) is 179 cm³/mol. The molecular weight excluding hydrogens is 632 g/mol. The lowest BCUT2D eigenvalue weighted by Crippen LogP contribution is -2.41. The molecule has 1 unspecified atom stereocenters. The summed E-state index contributed by atoms with van der Waals surface area (Å²) in [7, 11) is 0. The number of imidazole rings is 1. The highest BCUT2D eigenvalue weighted by molar-refractivity contribution is 5.94. The number of aromatic amines is 1. The number of benzene rings is 2.